The van der Waals surface area contributed by atoms with Gasteiger partial charge in [0.1, 0.15) is 0 Å². The van der Waals surface area contributed by atoms with Gasteiger partial charge in [-0.15, -0.1) is 0 Å². The summed E-state index contributed by atoms with van der Waals surface area (Å²) in [5.41, 5.74) is 0. The number of urea groups is 2. The van der Waals surface area contributed by atoms with Crippen LogP contribution in [0.3, 0.4) is 0 Å². The van der Waals surface area contributed by atoms with Crippen LogP contribution in [0.1, 0.15) is 19.3 Å². The fourth-order valence-electron chi connectivity index (χ4n) is 4.45. The molecule has 4 amide bonds. The molecule has 4 aliphatic rings. The lowest BCUT2D eigenvalue weighted by molar-refractivity contribution is 0.0374. The van der Waals surface area contributed by atoms with Crippen molar-refractivity contribution >= 4 is 12.1 Å². The van der Waals surface area contributed by atoms with E-state index in [1.807, 2.05) is 9.80 Å². The number of nitrogens with zero attached hydrogens (tertiary/aromatic N) is 3. The highest BCUT2D eigenvalue weighted by molar-refractivity contribution is 5.79. The number of piperidine rings is 2. The Morgan fingerprint density at radius 2 is 1.79 bits per heavy atom. The second-order valence-corrected chi connectivity index (χ2v) is 7.13. The van der Waals surface area contributed by atoms with Gasteiger partial charge in [-0.2, -0.15) is 0 Å². The summed E-state index contributed by atoms with van der Waals surface area (Å²) in [6.07, 6.45) is 2.91. The number of carbonyl (C=O) groups excluding carboxylic acids is 2. The van der Waals surface area contributed by atoms with Crippen LogP contribution in [0.25, 0.3) is 0 Å². The zero-order valence-corrected chi connectivity index (χ0v) is 14.1. The molecule has 0 radical (unpaired) electrons. The highest BCUT2D eigenvalue weighted by Gasteiger charge is 2.46. The monoisotopic (exact) mass is 337 g/mol. The van der Waals surface area contributed by atoms with Crippen molar-refractivity contribution in [3.63, 3.8) is 0 Å². The van der Waals surface area contributed by atoms with Crippen LogP contribution >= 0.6 is 0 Å². The van der Waals surface area contributed by atoms with E-state index in [4.69, 9.17) is 4.74 Å². The van der Waals surface area contributed by atoms with Crippen LogP contribution in [0, 0.1) is 0 Å². The molecule has 8 nitrogen and oxygen atoms in total. The van der Waals surface area contributed by atoms with Gasteiger partial charge in [0.2, 0.25) is 0 Å². The first-order valence-electron chi connectivity index (χ1n) is 9.15. The third kappa shape index (κ3) is 2.93. The van der Waals surface area contributed by atoms with Crippen LogP contribution < -0.4 is 10.6 Å². The van der Waals surface area contributed by atoms with Gasteiger partial charge in [-0.1, -0.05) is 0 Å². The van der Waals surface area contributed by atoms with Gasteiger partial charge in [0, 0.05) is 32.2 Å². The minimum absolute atomic E-state index is 0.0533. The van der Waals surface area contributed by atoms with Crippen molar-refractivity contribution in [2.45, 2.75) is 37.4 Å². The number of amides is 4. The lowest BCUT2D eigenvalue weighted by Gasteiger charge is -2.42. The van der Waals surface area contributed by atoms with Crippen LogP contribution in [-0.2, 0) is 4.74 Å². The summed E-state index contributed by atoms with van der Waals surface area (Å²) in [5, 5.41) is 6.48. The third-order valence-electron chi connectivity index (χ3n) is 5.73. The zero-order chi connectivity index (χ0) is 16.5. The summed E-state index contributed by atoms with van der Waals surface area (Å²) in [7, 11) is 0. The Balaban J connectivity index is 1.39. The average Bonchev–Trinajstić information content (AvgIpc) is 2.97. The maximum absolute atomic E-state index is 12.7. The summed E-state index contributed by atoms with van der Waals surface area (Å²) >= 11 is 0. The molecule has 2 N–H and O–H groups in total. The number of likely N-dealkylation sites (tertiary alicyclic amines) is 1. The molecule has 0 aromatic carbocycles. The van der Waals surface area contributed by atoms with Crippen LogP contribution in [-0.4, -0.2) is 97.4 Å². The summed E-state index contributed by atoms with van der Waals surface area (Å²) in [5.74, 6) is 0. The summed E-state index contributed by atoms with van der Waals surface area (Å²) in [6.45, 7) is 5.87. The molecule has 0 bridgehead atoms. The molecule has 0 saturated carbocycles. The average molecular weight is 337 g/mol. The quantitative estimate of drug-likeness (QED) is 0.686. The predicted molar refractivity (Wildman–Crippen MR) is 87.8 cm³/mol. The molecular weight excluding hydrogens is 310 g/mol. The van der Waals surface area contributed by atoms with E-state index in [2.05, 4.69) is 15.5 Å². The minimum atomic E-state index is 0.0533. The molecule has 0 aromatic rings. The molecule has 4 rings (SSSR count). The molecule has 0 aliphatic carbocycles. The lowest BCUT2D eigenvalue weighted by atomic mass is 9.96. The number of nitrogens with one attached hydrogen (secondary N) is 2. The number of fused-ring (bicyclic) bond motifs is 1. The van der Waals surface area contributed by atoms with Crippen molar-refractivity contribution in [2.75, 3.05) is 52.5 Å². The molecule has 24 heavy (non-hydrogen) atoms. The molecule has 2 unspecified atom stereocenters. The van der Waals surface area contributed by atoms with E-state index >= 15 is 0 Å². The van der Waals surface area contributed by atoms with Gasteiger partial charge in [0.05, 0.1) is 25.3 Å². The first kappa shape index (κ1) is 16.0. The molecule has 4 heterocycles. The SMILES string of the molecule is O=C(N1CCOCC1)N1CCC2C(C1)NC(=O)N2C1CCNCC1. The van der Waals surface area contributed by atoms with Crippen molar-refractivity contribution in [1.29, 1.82) is 0 Å². The van der Waals surface area contributed by atoms with Crippen LogP contribution in [0.4, 0.5) is 9.59 Å². The molecule has 0 aromatic heterocycles. The Morgan fingerprint density at radius 1 is 1.04 bits per heavy atom. The maximum atomic E-state index is 12.7. The van der Waals surface area contributed by atoms with Crippen molar-refractivity contribution in [3.8, 4) is 0 Å². The first-order chi connectivity index (χ1) is 11.7. The van der Waals surface area contributed by atoms with Gasteiger partial charge in [0.15, 0.2) is 0 Å². The number of hydrogen-bond acceptors (Lipinski definition) is 4. The van der Waals surface area contributed by atoms with E-state index in [1.165, 1.54) is 0 Å². The smallest absolute Gasteiger partial charge is 0.320 e. The van der Waals surface area contributed by atoms with Gasteiger partial charge in [-0.25, -0.2) is 9.59 Å². The Labute approximate surface area is 142 Å². The highest BCUT2D eigenvalue weighted by Crippen LogP contribution is 2.28. The highest BCUT2D eigenvalue weighted by atomic mass is 16.5. The predicted octanol–water partition coefficient (Wildman–Crippen LogP) is -0.341. The second kappa shape index (κ2) is 6.76. The molecule has 4 aliphatic heterocycles. The Kier molecular flexibility index (Phi) is 4.49. The Bertz CT molecular complexity index is 490. The van der Waals surface area contributed by atoms with Crippen LogP contribution in [0.15, 0.2) is 0 Å². The Hall–Kier alpha value is -1.54. The number of hydrogen-bond donors (Lipinski definition) is 2. The number of rotatable bonds is 1. The summed E-state index contributed by atoms with van der Waals surface area (Å²) in [6, 6.07) is 0.770. The van der Waals surface area contributed by atoms with Gasteiger partial charge in [-0.05, 0) is 32.4 Å². The molecular formula is C16H27N5O3. The topological polar surface area (TPSA) is 77.2 Å². The number of ether oxygens (including phenoxy) is 1. The van der Waals surface area contributed by atoms with E-state index < -0.39 is 0 Å². The molecule has 0 spiro atoms. The molecule has 134 valence electrons. The molecule has 4 saturated heterocycles. The third-order valence-corrected chi connectivity index (χ3v) is 5.73. The van der Waals surface area contributed by atoms with Crippen molar-refractivity contribution in [3.05, 3.63) is 0 Å². The normalized spacial score (nSPS) is 31.8. The zero-order valence-electron chi connectivity index (χ0n) is 14.1. The molecule has 4 fully saturated rings. The van der Waals surface area contributed by atoms with Gasteiger partial charge in [0.25, 0.3) is 0 Å². The fraction of sp³-hybridized carbons (Fsp3) is 0.875. The largest absolute Gasteiger partial charge is 0.378 e. The van der Waals surface area contributed by atoms with Crippen LogP contribution in [0.2, 0.25) is 0 Å². The van der Waals surface area contributed by atoms with E-state index in [0.717, 1.165) is 38.9 Å². The van der Waals surface area contributed by atoms with Gasteiger partial charge < -0.3 is 30.1 Å². The number of morpholine rings is 1. The van der Waals surface area contributed by atoms with E-state index in [9.17, 15) is 9.59 Å². The van der Waals surface area contributed by atoms with Crippen molar-refractivity contribution in [2.24, 2.45) is 0 Å². The van der Waals surface area contributed by atoms with Crippen LogP contribution in [0.5, 0.6) is 0 Å². The molecule has 2 atom stereocenters. The number of carbonyl (C=O) groups is 2. The minimum Gasteiger partial charge on any atom is -0.378 e. The first-order valence-corrected chi connectivity index (χ1v) is 9.15. The molecule has 8 heteroatoms. The summed E-state index contributed by atoms with van der Waals surface area (Å²) < 4.78 is 5.32. The van der Waals surface area contributed by atoms with Gasteiger partial charge in [-0.3, -0.25) is 0 Å². The second-order valence-electron chi connectivity index (χ2n) is 7.13. The maximum Gasteiger partial charge on any atom is 0.320 e. The lowest BCUT2D eigenvalue weighted by Crippen LogP contribution is -2.58. The van der Waals surface area contributed by atoms with Gasteiger partial charge >= 0.3 is 12.1 Å². The van der Waals surface area contributed by atoms with E-state index in [1.54, 1.807) is 0 Å². The van der Waals surface area contributed by atoms with E-state index in [0.29, 0.717) is 38.9 Å². The van der Waals surface area contributed by atoms with E-state index in [-0.39, 0.29) is 24.1 Å². The standard InChI is InChI=1S/C16H27N5O3/c22-15-18-13-11-20(16(23)19-7-9-24-10-8-19)6-3-14(13)21(15)12-1-4-17-5-2-12/h12-14,17H,1-11H2,(H,18,22). The Morgan fingerprint density at radius 3 is 2.54 bits per heavy atom. The summed E-state index contributed by atoms with van der Waals surface area (Å²) in [4.78, 5) is 31.0. The van der Waals surface area contributed by atoms with Crippen molar-refractivity contribution < 1.29 is 14.3 Å². The van der Waals surface area contributed by atoms with Crippen molar-refractivity contribution in [1.82, 2.24) is 25.3 Å². The fourth-order valence-corrected chi connectivity index (χ4v) is 4.45.